The number of nitro benzene ring substituents is 1. The van der Waals surface area contributed by atoms with E-state index in [1.54, 1.807) is 12.1 Å². The van der Waals surface area contributed by atoms with Crippen LogP contribution in [0, 0.1) is 10.1 Å². The number of nitrogens with one attached hydrogen (secondary N) is 1. The zero-order chi connectivity index (χ0) is 22.0. The molecule has 0 fully saturated rings. The number of hydrogen-bond acceptors (Lipinski definition) is 5. The van der Waals surface area contributed by atoms with Gasteiger partial charge in [0, 0.05) is 28.4 Å². The number of para-hydroxylation sites is 2. The summed E-state index contributed by atoms with van der Waals surface area (Å²) in [5.74, 6) is -0.400. The standard InChI is InChI=1S/C23H17ClN4O3/c1-14-21(15-6-10-17(24)11-7-15)22(26-20-5-3-2-4-19(20)25-14)27-23(29)16-8-12-18(13-9-16)28(30)31/h2-13,21H,1H3,(H,26,27,29). The van der Waals surface area contributed by atoms with Crippen molar-refractivity contribution in [2.24, 2.45) is 9.98 Å². The first-order valence-corrected chi connectivity index (χ1v) is 9.84. The molecule has 1 aliphatic heterocycles. The number of fused-ring (bicyclic) bond motifs is 1. The lowest BCUT2D eigenvalue weighted by atomic mass is 9.93. The first-order valence-electron chi connectivity index (χ1n) is 9.46. The largest absolute Gasteiger partial charge is 0.309 e. The van der Waals surface area contributed by atoms with Crippen molar-refractivity contribution in [2.45, 2.75) is 12.8 Å². The third-order valence-corrected chi connectivity index (χ3v) is 5.15. The zero-order valence-electron chi connectivity index (χ0n) is 16.4. The molecular formula is C23H17ClN4O3. The molecule has 0 spiro atoms. The number of amidine groups is 1. The maximum Gasteiger partial charge on any atom is 0.269 e. The van der Waals surface area contributed by atoms with Crippen LogP contribution in [0.5, 0.6) is 0 Å². The van der Waals surface area contributed by atoms with Crippen LogP contribution < -0.4 is 5.32 Å². The summed E-state index contributed by atoms with van der Waals surface area (Å²) in [6, 6.07) is 20.1. The SMILES string of the molecule is CC1=Nc2ccccc2N=C(NC(=O)c2ccc([N+](=O)[O-])cc2)C1c1ccc(Cl)cc1. The maximum absolute atomic E-state index is 12.9. The monoisotopic (exact) mass is 432 g/mol. The molecule has 0 aromatic heterocycles. The van der Waals surface area contributed by atoms with Crippen LogP contribution in [0.3, 0.4) is 0 Å². The molecule has 0 radical (unpaired) electrons. The second kappa shape index (κ2) is 8.49. The van der Waals surface area contributed by atoms with Gasteiger partial charge in [-0.25, -0.2) is 4.99 Å². The highest BCUT2D eigenvalue weighted by Crippen LogP contribution is 2.34. The Hall–Kier alpha value is -3.84. The van der Waals surface area contributed by atoms with Gasteiger partial charge in [0.05, 0.1) is 22.2 Å². The summed E-state index contributed by atoms with van der Waals surface area (Å²) in [7, 11) is 0. The minimum absolute atomic E-state index is 0.0840. The molecule has 1 N–H and O–H groups in total. The highest BCUT2D eigenvalue weighted by molar-refractivity contribution is 6.30. The molecule has 1 atom stereocenters. The van der Waals surface area contributed by atoms with Gasteiger partial charge >= 0.3 is 0 Å². The van der Waals surface area contributed by atoms with E-state index < -0.39 is 16.7 Å². The summed E-state index contributed by atoms with van der Waals surface area (Å²) < 4.78 is 0. The van der Waals surface area contributed by atoms with Crippen LogP contribution in [0.25, 0.3) is 0 Å². The molecule has 1 unspecified atom stereocenters. The van der Waals surface area contributed by atoms with E-state index in [2.05, 4.69) is 5.32 Å². The predicted octanol–water partition coefficient (Wildman–Crippen LogP) is 5.60. The van der Waals surface area contributed by atoms with Crippen LogP contribution >= 0.6 is 11.6 Å². The van der Waals surface area contributed by atoms with Crippen molar-refractivity contribution >= 4 is 46.1 Å². The number of hydrogen-bond donors (Lipinski definition) is 1. The van der Waals surface area contributed by atoms with Crippen LogP contribution in [0.15, 0.2) is 82.8 Å². The van der Waals surface area contributed by atoms with Crippen molar-refractivity contribution in [2.75, 3.05) is 0 Å². The predicted molar refractivity (Wildman–Crippen MR) is 121 cm³/mol. The van der Waals surface area contributed by atoms with Gasteiger partial charge in [-0.3, -0.25) is 19.9 Å². The van der Waals surface area contributed by atoms with Gasteiger partial charge in [-0.15, -0.1) is 0 Å². The Morgan fingerprint density at radius 2 is 1.58 bits per heavy atom. The summed E-state index contributed by atoms with van der Waals surface area (Å²) >= 11 is 6.05. The van der Waals surface area contributed by atoms with Crippen molar-refractivity contribution in [1.82, 2.24) is 5.32 Å². The molecule has 3 aromatic rings. The smallest absolute Gasteiger partial charge is 0.269 e. The van der Waals surface area contributed by atoms with Crippen molar-refractivity contribution < 1.29 is 9.72 Å². The topological polar surface area (TPSA) is 97.0 Å². The number of carbonyl (C=O) groups excluding carboxylic acids is 1. The summed E-state index contributed by atoms with van der Waals surface area (Å²) in [6.45, 7) is 1.88. The molecule has 0 aliphatic carbocycles. The Kier molecular flexibility index (Phi) is 5.60. The number of amides is 1. The minimum Gasteiger partial charge on any atom is -0.309 e. The molecule has 4 rings (SSSR count). The van der Waals surface area contributed by atoms with E-state index in [1.807, 2.05) is 43.3 Å². The van der Waals surface area contributed by atoms with Gasteiger partial charge in [0.15, 0.2) is 0 Å². The highest BCUT2D eigenvalue weighted by atomic mass is 35.5. The molecule has 1 heterocycles. The lowest BCUT2D eigenvalue weighted by Gasteiger charge is -2.19. The number of nitrogens with zero attached hydrogens (tertiary/aromatic N) is 3. The van der Waals surface area contributed by atoms with Gasteiger partial charge in [0.1, 0.15) is 5.84 Å². The number of non-ortho nitro benzene ring substituents is 1. The number of aliphatic imine (C=N–C) groups is 2. The summed E-state index contributed by atoms with van der Waals surface area (Å²) in [5.41, 5.74) is 3.18. The Bertz CT molecular complexity index is 1220. The fraction of sp³-hybridized carbons (Fsp3) is 0.0870. The first-order chi connectivity index (χ1) is 14.9. The van der Waals surface area contributed by atoms with Crippen LogP contribution in [0.1, 0.15) is 28.8 Å². The Balaban J connectivity index is 1.74. The molecule has 3 aromatic carbocycles. The number of halogens is 1. The van der Waals surface area contributed by atoms with Gasteiger partial charge in [-0.1, -0.05) is 35.9 Å². The zero-order valence-corrected chi connectivity index (χ0v) is 17.2. The fourth-order valence-electron chi connectivity index (χ4n) is 3.38. The second-order valence-electron chi connectivity index (χ2n) is 6.98. The van der Waals surface area contributed by atoms with Crippen molar-refractivity contribution in [3.8, 4) is 0 Å². The third kappa shape index (κ3) is 4.36. The van der Waals surface area contributed by atoms with E-state index in [-0.39, 0.29) is 11.3 Å². The second-order valence-corrected chi connectivity index (χ2v) is 7.42. The Morgan fingerprint density at radius 3 is 2.19 bits per heavy atom. The van der Waals surface area contributed by atoms with E-state index in [9.17, 15) is 14.9 Å². The van der Waals surface area contributed by atoms with Crippen LogP contribution in [-0.2, 0) is 0 Å². The quantitative estimate of drug-likeness (QED) is 0.431. The van der Waals surface area contributed by atoms with E-state index in [0.29, 0.717) is 22.2 Å². The Labute approximate surface area is 183 Å². The molecule has 31 heavy (non-hydrogen) atoms. The fourth-order valence-corrected chi connectivity index (χ4v) is 3.50. The minimum atomic E-state index is -0.510. The summed E-state index contributed by atoms with van der Waals surface area (Å²) in [5, 5.41) is 14.4. The van der Waals surface area contributed by atoms with Crippen LogP contribution in [-0.4, -0.2) is 22.4 Å². The molecule has 8 heteroatoms. The molecular weight excluding hydrogens is 416 g/mol. The molecule has 0 saturated carbocycles. The number of rotatable bonds is 3. The summed E-state index contributed by atoms with van der Waals surface area (Å²) in [6.07, 6.45) is 0. The van der Waals surface area contributed by atoms with Gasteiger partial charge < -0.3 is 5.32 Å². The maximum atomic E-state index is 12.9. The average molecular weight is 433 g/mol. The highest BCUT2D eigenvalue weighted by Gasteiger charge is 2.27. The van der Waals surface area contributed by atoms with Crippen molar-refractivity contribution in [1.29, 1.82) is 0 Å². The van der Waals surface area contributed by atoms with Crippen LogP contribution in [0.4, 0.5) is 17.1 Å². The molecule has 0 bridgehead atoms. The van der Waals surface area contributed by atoms with E-state index >= 15 is 0 Å². The Morgan fingerprint density at radius 1 is 0.968 bits per heavy atom. The lowest BCUT2D eigenvalue weighted by molar-refractivity contribution is -0.384. The summed E-state index contributed by atoms with van der Waals surface area (Å²) in [4.78, 5) is 32.7. The van der Waals surface area contributed by atoms with Gasteiger partial charge in [0.25, 0.3) is 11.6 Å². The van der Waals surface area contributed by atoms with Crippen LogP contribution in [0.2, 0.25) is 5.02 Å². The normalized spacial score (nSPS) is 15.2. The molecule has 1 aliphatic rings. The van der Waals surface area contributed by atoms with Gasteiger partial charge in [-0.2, -0.15) is 0 Å². The number of benzene rings is 3. The molecule has 0 saturated heterocycles. The third-order valence-electron chi connectivity index (χ3n) is 4.90. The van der Waals surface area contributed by atoms with E-state index in [4.69, 9.17) is 21.6 Å². The van der Waals surface area contributed by atoms with E-state index in [1.165, 1.54) is 24.3 Å². The van der Waals surface area contributed by atoms with Crippen molar-refractivity contribution in [3.05, 3.63) is 99.1 Å². The van der Waals surface area contributed by atoms with Crippen molar-refractivity contribution in [3.63, 3.8) is 0 Å². The van der Waals surface area contributed by atoms with Gasteiger partial charge in [0.2, 0.25) is 0 Å². The molecule has 7 nitrogen and oxygen atoms in total. The lowest BCUT2D eigenvalue weighted by Crippen LogP contribution is -2.37. The number of nitro groups is 1. The molecule has 154 valence electrons. The van der Waals surface area contributed by atoms with E-state index in [0.717, 1.165) is 11.3 Å². The molecule has 1 amide bonds. The average Bonchev–Trinajstić information content (AvgIpc) is 2.90. The number of carbonyl (C=O) groups is 1. The first kappa shape index (κ1) is 20.4. The van der Waals surface area contributed by atoms with Gasteiger partial charge in [-0.05, 0) is 48.9 Å².